The molecule has 4 heterocycles. The van der Waals surface area contributed by atoms with E-state index in [4.69, 9.17) is 4.74 Å². The van der Waals surface area contributed by atoms with Crippen molar-refractivity contribution in [3.05, 3.63) is 48.7 Å². The van der Waals surface area contributed by atoms with Gasteiger partial charge in [0.2, 0.25) is 0 Å². The summed E-state index contributed by atoms with van der Waals surface area (Å²) in [7, 11) is 1.64. The second-order valence-corrected chi connectivity index (χ2v) is 6.79. The number of rotatable bonds is 4. The summed E-state index contributed by atoms with van der Waals surface area (Å²) >= 11 is 0. The zero-order valence-electron chi connectivity index (χ0n) is 13.9. The zero-order chi connectivity index (χ0) is 16.7. The highest BCUT2D eigenvalue weighted by molar-refractivity contribution is 6.10. The van der Waals surface area contributed by atoms with Crippen LogP contribution >= 0.6 is 0 Å². The van der Waals surface area contributed by atoms with Crippen LogP contribution in [0.25, 0.3) is 10.9 Å². The quantitative estimate of drug-likeness (QED) is 0.638. The van der Waals surface area contributed by atoms with Crippen LogP contribution in [0.4, 0.5) is 0 Å². The first-order valence-electron chi connectivity index (χ1n) is 8.56. The highest BCUT2D eigenvalue weighted by Gasteiger charge is 2.42. The Bertz CT molecular complexity index is 801. The Kier molecular flexibility index (Phi) is 3.85. The first kappa shape index (κ1) is 15.3. The van der Waals surface area contributed by atoms with Gasteiger partial charge in [-0.3, -0.25) is 14.7 Å². The second-order valence-electron chi connectivity index (χ2n) is 6.79. The van der Waals surface area contributed by atoms with Crippen LogP contribution in [0, 0.1) is 5.92 Å². The normalized spacial score (nSPS) is 28.7. The van der Waals surface area contributed by atoms with Gasteiger partial charge in [-0.1, -0.05) is 6.08 Å². The monoisotopic (exact) mass is 322 g/mol. The van der Waals surface area contributed by atoms with Crippen molar-refractivity contribution >= 4 is 16.7 Å². The predicted molar refractivity (Wildman–Crippen MR) is 94.4 cm³/mol. The fourth-order valence-corrected chi connectivity index (χ4v) is 4.28. The first-order valence-corrected chi connectivity index (χ1v) is 8.56. The number of carbonyl (C=O) groups is 1. The Morgan fingerprint density at radius 1 is 1.38 bits per heavy atom. The number of aromatic nitrogens is 1. The summed E-state index contributed by atoms with van der Waals surface area (Å²) in [4.78, 5) is 20.0. The maximum atomic E-state index is 13.3. The van der Waals surface area contributed by atoms with Crippen LogP contribution in [-0.4, -0.2) is 41.4 Å². The molecule has 0 aliphatic carbocycles. The Morgan fingerprint density at radius 3 is 3.00 bits per heavy atom. The molecule has 3 aliphatic heterocycles. The van der Waals surface area contributed by atoms with E-state index < -0.39 is 0 Å². The van der Waals surface area contributed by atoms with E-state index in [0.29, 0.717) is 12.0 Å². The van der Waals surface area contributed by atoms with Crippen LogP contribution in [0.1, 0.15) is 29.6 Å². The second kappa shape index (κ2) is 6.02. The highest BCUT2D eigenvalue weighted by Crippen LogP contribution is 2.38. The van der Waals surface area contributed by atoms with Crippen molar-refractivity contribution in [2.75, 3.05) is 13.7 Å². The topological polar surface area (TPSA) is 42.4 Å². The lowest BCUT2D eigenvalue weighted by atomic mass is 9.76. The smallest absolute Gasteiger partial charge is 0.180 e. The van der Waals surface area contributed by atoms with Crippen LogP contribution in [-0.2, 0) is 0 Å². The summed E-state index contributed by atoms with van der Waals surface area (Å²) in [6, 6.07) is 7.83. The molecule has 4 unspecified atom stereocenters. The van der Waals surface area contributed by atoms with Crippen LogP contribution < -0.4 is 4.74 Å². The Balaban J connectivity index is 1.74. The number of hydrogen-bond donors (Lipinski definition) is 0. The van der Waals surface area contributed by atoms with Gasteiger partial charge in [-0.05, 0) is 56.0 Å². The van der Waals surface area contributed by atoms with E-state index in [1.807, 2.05) is 30.3 Å². The van der Waals surface area contributed by atoms with Crippen molar-refractivity contribution in [1.29, 1.82) is 0 Å². The lowest BCUT2D eigenvalue weighted by molar-refractivity contribution is 0.0189. The molecule has 1 aromatic carbocycles. The molecule has 2 aromatic rings. The van der Waals surface area contributed by atoms with Gasteiger partial charge < -0.3 is 4.74 Å². The minimum Gasteiger partial charge on any atom is -0.497 e. The van der Waals surface area contributed by atoms with Gasteiger partial charge >= 0.3 is 0 Å². The Hall–Kier alpha value is -2.20. The number of pyridine rings is 1. The molecule has 24 heavy (non-hydrogen) atoms. The molecule has 5 rings (SSSR count). The summed E-state index contributed by atoms with van der Waals surface area (Å²) in [6.07, 6.45) is 7.01. The fourth-order valence-electron chi connectivity index (χ4n) is 4.28. The van der Waals surface area contributed by atoms with Crippen LogP contribution in [0.5, 0.6) is 5.75 Å². The maximum Gasteiger partial charge on any atom is 0.180 e. The molecule has 0 radical (unpaired) electrons. The van der Waals surface area contributed by atoms with Crippen LogP contribution in [0.15, 0.2) is 43.1 Å². The maximum absolute atomic E-state index is 13.3. The van der Waals surface area contributed by atoms with Crippen LogP contribution in [0.2, 0.25) is 0 Å². The minimum absolute atomic E-state index is 0.0442. The van der Waals surface area contributed by atoms with Gasteiger partial charge in [0.1, 0.15) is 5.75 Å². The molecule has 0 N–H and O–H groups in total. The molecule has 4 atom stereocenters. The number of carbonyl (C=O) groups excluding carboxylic acids is 1. The molecule has 1 aromatic heterocycles. The van der Waals surface area contributed by atoms with Gasteiger partial charge in [-0.25, -0.2) is 0 Å². The molecule has 4 nitrogen and oxygen atoms in total. The summed E-state index contributed by atoms with van der Waals surface area (Å²) in [5, 5.41) is 0.875. The van der Waals surface area contributed by atoms with E-state index in [1.54, 1.807) is 13.3 Å². The lowest BCUT2D eigenvalue weighted by Gasteiger charge is -2.49. The average molecular weight is 322 g/mol. The van der Waals surface area contributed by atoms with Crippen molar-refractivity contribution < 1.29 is 9.53 Å². The summed E-state index contributed by atoms with van der Waals surface area (Å²) in [6.45, 7) is 4.95. The SMILES string of the molecule is C=CC1CC2CCN1C(C(=O)c1ccnc3ccc(OC)cc13)C2. The van der Waals surface area contributed by atoms with Gasteiger partial charge in [0.25, 0.3) is 0 Å². The molecule has 0 amide bonds. The summed E-state index contributed by atoms with van der Waals surface area (Å²) in [5.74, 6) is 1.58. The van der Waals surface area contributed by atoms with E-state index in [2.05, 4.69) is 16.5 Å². The molecule has 0 spiro atoms. The number of ether oxygens (including phenoxy) is 1. The van der Waals surface area contributed by atoms with Crippen molar-refractivity contribution in [2.45, 2.75) is 31.3 Å². The Labute approximate surface area is 142 Å². The van der Waals surface area contributed by atoms with Crippen molar-refractivity contribution in [2.24, 2.45) is 5.92 Å². The molecular formula is C20H22N2O2. The number of piperidine rings is 3. The number of methoxy groups -OCH3 is 1. The molecule has 3 fully saturated rings. The van der Waals surface area contributed by atoms with E-state index in [-0.39, 0.29) is 11.8 Å². The molecule has 3 saturated heterocycles. The predicted octanol–water partition coefficient (Wildman–Crippen LogP) is 3.47. The number of fused-ring (bicyclic) bond motifs is 4. The van der Waals surface area contributed by atoms with Gasteiger partial charge in [-0.2, -0.15) is 0 Å². The van der Waals surface area contributed by atoms with E-state index >= 15 is 0 Å². The van der Waals surface area contributed by atoms with E-state index in [9.17, 15) is 4.79 Å². The minimum atomic E-state index is -0.0442. The zero-order valence-corrected chi connectivity index (χ0v) is 13.9. The van der Waals surface area contributed by atoms with Crippen molar-refractivity contribution in [3.63, 3.8) is 0 Å². The number of hydrogen-bond acceptors (Lipinski definition) is 4. The van der Waals surface area contributed by atoms with Gasteiger partial charge in [0.05, 0.1) is 18.7 Å². The standard InChI is InChI=1S/C20H22N2O2/c1-3-14-10-13-7-9-22(14)19(11-13)20(23)16-6-8-21-18-5-4-15(24-2)12-17(16)18/h3-6,8,12-14,19H,1,7,9-11H2,2H3. The molecule has 3 aliphatic rings. The van der Waals surface area contributed by atoms with Gasteiger partial charge in [-0.15, -0.1) is 6.58 Å². The lowest BCUT2D eigenvalue weighted by Crippen LogP contribution is -2.56. The third-order valence-electron chi connectivity index (χ3n) is 5.54. The molecule has 2 bridgehead atoms. The number of nitrogens with zero attached hydrogens (tertiary/aromatic N) is 2. The van der Waals surface area contributed by atoms with Crippen molar-refractivity contribution in [3.8, 4) is 5.75 Å². The first-order chi connectivity index (χ1) is 11.7. The third-order valence-corrected chi connectivity index (χ3v) is 5.54. The average Bonchev–Trinajstić information content (AvgIpc) is 2.66. The molecule has 0 saturated carbocycles. The van der Waals surface area contributed by atoms with E-state index in [0.717, 1.165) is 41.6 Å². The third kappa shape index (κ3) is 2.42. The largest absolute Gasteiger partial charge is 0.497 e. The molecular weight excluding hydrogens is 300 g/mol. The van der Waals surface area contributed by atoms with Crippen LogP contribution in [0.3, 0.4) is 0 Å². The molecule has 4 heteroatoms. The number of ketones is 1. The van der Waals surface area contributed by atoms with Gasteiger partial charge in [0, 0.05) is 23.2 Å². The number of Topliss-reactive ketones (excluding diaryl/α,β-unsaturated/α-hetero) is 1. The summed E-state index contributed by atoms with van der Waals surface area (Å²) < 4.78 is 5.32. The Morgan fingerprint density at radius 2 is 2.25 bits per heavy atom. The van der Waals surface area contributed by atoms with Gasteiger partial charge in [0.15, 0.2) is 5.78 Å². The highest BCUT2D eigenvalue weighted by atomic mass is 16.5. The van der Waals surface area contributed by atoms with Crippen molar-refractivity contribution in [1.82, 2.24) is 9.88 Å². The summed E-state index contributed by atoms with van der Waals surface area (Å²) in [5.41, 5.74) is 1.58. The fraction of sp³-hybridized carbons (Fsp3) is 0.400. The molecule has 124 valence electrons. The van der Waals surface area contributed by atoms with E-state index in [1.165, 1.54) is 6.42 Å². The number of benzene rings is 1.